The van der Waals surface area contributed by atoms with Crippen LogP contribution in [0.25, 0.3) is 0 Å². The second-order valence-electron chi connectivity index (χ2n) is 4.20. The molecule has 5 heteroatoms. The summed E-state index contributed by atoms with van der Waals surface area (Å²) >= 11 is 3.07. The Morgan fingerprint density at radius 2 is 1.79 bits per heavy atom. The highest BCUT2D eigenvalue weighted by atomic mass is 79.9. The zero-order valence-electron chi connectivity index (χ0n) is 9.84. The largest absolute Gasteiger partial charge is 0.324 e. The molecule has 2 rings (SSSR count). The smallest absolute Gasteiger partial charge is 0.163 e. The molecule has 0 saturated carbocycles. The Morgan fingerprint density at radius 3 is 2.47 bits per heavy atom. The van der Waals surface area contributed by atoms with Gasteiger partial charge in [0.2, 0.25) is 0 Å². The lowest BCUT2D eigenvalue weighted by Crippen LogP contribution is -2.15. The van der Waals surface area contributed by atoms with Gasteiger partial charge in [-0.25, -0.2) is 13.2 Å². The first-order valence-electron chi connectivity index (χ1n) is 5.62. The van der Waals surface area contributed by atoms with E-state index in [9.17, 15) is 13.2 Å². The van der Waals surface area contributed by atoms with Gasteiger partial charge in [0.25, 0.3) is 0 Å². The van der Waals surface area contributed by atoms with Crippen LogP contribution in [-0.2, 0) is 6.42 Å². The molecule has 1 unspecified atom stereocenters. The SMILES string of the molecule is NC(Cc1ccc(F)c(Br)c1)c1cccc(F)c1F. The highest BCUT2D eigenvalue weighted by Crippen LogP contribution is 2.23. The molecule has 0 amide bonds. The standard InChI is InChI=1S/C14H11BrF3N/c15-10-6-8(4-5-11(10)16)7-13(19)9-2-1-3-12(17)14(9)18/h1-6,13H,7,19H2. The molecule has 2 N–H and O–H groups in total. The van der Waals surface area contributed by atoms with E-state index >= 15 is 0 Å². The highest BCUT2D eigenvalue weighted by Gasteiger charge is 2.15. The summed E-state index contributed by atoms with van der Waals surface area (Å²) in [4.78, 5) is 0. The molecule has 1 nitrogen and oxygen atoms in total. The summed E-state index contributed by atoms with van der Waals surface area (Å²) in [5.41, 5.74) is 6.72. The second-order valence-corrected chi connectivity index (χ2v) is 5.06. The molecule has 0 fully saturated rings. The van der Waals surface area contributed by atoms with Crippen LogP contribution in [0.15, 0.2) is 40.9 Å². The Kier molecular flexibility index (Phi) is 4.27. The van der Waals surface area contributed by atoms with E-state index in [2.05, 4.69) is 15.9 Å². The summed E-state index contributed by atoms with van der Waals surface area (Å²) in [7, 11) is 0. The summed E-state index contributed by atoms with van der Waals surface area (Å²) in [5.74, 6) is -2.24. The molecule has 0 saturated heterocycles. The number of halogens is 4. The van der Waals surface area contributed by atoms with Gasteiger partial charge in [0.05, 0.1) is 4.47 Å². The molecule has 0 heterocycles. The molecule has 0 bridgehead atoms. The normalized spacial score (nSPS) is 12.5. The van der Waals surface area contributed by atoms with Crippen LogP contribution in [0.5, 0.6) is 0 Å². The van der Waals surface area contributed by atoms with E-state index in [0.29, 0.717) is 10.9 Å². The number of nitrogens with two attached hydrogens (primary N) is 1. The number of benzene rings is 2. The van der Waals surface area contributed by atoms with Crippen molar-refractivity contribution in [1.29, 1.82) is 0 Å². The van der Waals surface area contributed by atoms with Gasteiger partial charge < -0.3 is 5.73 Å². The van der Waals surface area contributed by atoms with Crippen molar-refractivity contribution in [1.82, 2.24) is 0 Å². The topological polar surface area (TPSA) is 26.0 Å². The molecule has 100 valence electrons. The molecular weight excluding hydrogens is 319 g/mol. The van der Waals surface area contributed by atoms with E-state index in [1.807, 2.05) is 0 Å². The molecule has 0 aromatic heterocycles. The van der Waals surface area contributed by atoms with Gasteiger partial charge in [0.15, 0.2) is 11.6 Å². The second kappa shape index (κ2) is 5.75. The Bertz CT molecular complexity index is 601. The minimum atomic E-state index is -0.934. The van der Waals surface area contributed by atoms with Crippen LogP contribution in [0.3, 0.4) is 0 Å². The van der Waals surface area contributed by atoms with Gasteiger partial charge in [0, 0.05) is 11.6 Å². The van der Waals surface area contributed by atoms with E-state index in [1.165, 1.54) is 18.2 Å². The fourth-order valence-corrected chi connectivity index (χ4v) is 2.26. The first kappa shape index (κ1) is 14.1. The third-order valence-corrected chi connectivity index (χ3v) is 3.43. The van der Waals surface area contributed by atoms with Crippen LogP contribution in [0, 0.1) is 17.5 Å². The third-order valence-electron chi connectivity index (χ3n) is 2.82. The Balaban J connectivity index is 2.23. The van der Waals surface area contributed by atoms with E-state index < -0.39 is 17.7 Å². The zero-order valence-corrected chi connectivity index (χ0v) is 11.4. The van der Waals surface area contributed by atoms with Crippen LogP contribution in [0.4, 0.5) is 13.2 Å². The van der Waals surface area contributed by atoms with Crippen LogP contribution >= 0.6 is 15.9 Å². The van der Waals surface area contributed by atoms with Gasteiger partial charge in [-0.2, -0.15) is 0 Å². The van der Waals surface area contributed by atoms with E-state index in [0.717, 1.165) is 11.6 Å². The molecule has 0 radical (unpaired) electrons. The fourth-order valence-electron chi connectivity index (χ4n) is 1.84. The van der Waals surface area contributed by atoms with Gasteiger partial charge in [-0.1, -0.05) is 18.2 Å². The fraction of sp³-hybridized carbons (Fsp3) is 0.143. The predicted molar refractivity (Wildman–Crippen MR) is 71.1 cm³/mol. The minimum absolute atomic E-state index is 0.112. The highest BCUT2D eigenvalue weighted by molar-refractivity contribution is 9.10. The minimum Gasteiger partial charge on any atom is -0.324 e. The molecule has 19 heavy (non-hydrogen) atoms. The molecule has 0 aliphatic rings. The molecule has 0 aliphatic heterocycles. The summed E-state index contributed by atoms with van der Waals surface area (Å²) in [6.07, 6.45) is 0.291. The van der Waals surface area contributed by atoms with Crippen molar-refractivity contribution in [3.8, 4) is 0 Å². The van der Waals surface area contributed by atoms with Crippen molar-refractivity contribution in [3.05, 3.63) is 69.4 Å². The van der Waals surface area contributed by atoms with Crippen molar-refractivity contribution in [2.75, 3.05) is 0 Å². The number of hydrogen-bond donors (Lipinski definition) is 1. The summed E-state index contributed by atoms with van der Waals surface area (Å²) < 4.78 is 40.1. The lowest BCUT2D eigenvalue weighted by molar-refractivity contribution is 0.488. The van der Waals surface area contributed by atoms with Crippen LogP contribution in [-0.4, -0.2) is 0 Å². The van der Waals surface area contributed by atoms with Gasteiger partial charge in [0.1, 0.15) is 5.82 Å². The third kappa shape index (κ3) is 3.16. The molecule has 1 atom stereocenters. The van der Waals surface area contributed by atoms with Gasteiger partial charge >= 0.3 is 0 Å². The molecular formula is C14H11BrF3N. The van der Waals surface area contributed by atoms with E-state index in [1.54, 1.807) is 12.1 Å². The van der Waals surface area contributed by atoms with E-state index in [-0.39, 0.29) is 11.4 Å². The predicted octanol–water partition coefficient (Wildman–Crippen LogP) is 4.11. The Morgan fingerprint density at radius 1 is 1.05 bits per heavy atom. The van der Waals surface area contributed by atoms with Crippen LogP contribution in [0.1, 0.15) is 17.2 Å². The number of hydrogen-bond acceptors (Lipinski definition) is 1. The Labute approximate surface area is 117 Å². The Hall–Kier alpha value is -1.33. The lowest BCUT2D eigenvalue weighted by atomic mass is 9.99. The van der Waals surface area contributed by atoms with E-state index in [4.69, 9.17) is 5.73 Å². The van der Waals surface area contributed by atoms with Crippen LogP contribution < -0.4 is 5.73 Å². The van der Waals surface area contributed by atoms with Gasteiger partial charge in [-0.3, -0.25) is 0 Å². The maximum Gasteiger partial charge on any atom is 0.163 e. The van der Waals surface area contributed by atoms with Gasteiger partial charge in [-0.15, -0.1) is 0 Å². The average Bonchev–Trinajstić information content (AvgIpc) is 2.37. The quantitative estimate of drug-likeness (QED) is 0.901. The average molecular weight is 330 g/mol. The molecule has 0 aliphatic carbocycles. The van der Waals surface area contributed by atoms with Crippen molar-refractivity contribution >= 4 is 15.9 Å². The summed E-state index contributed by atoms with van der Waals surface area (Å²) in [5, 5.41) is 0. The molecule has 2 aromatic carbocycles. The molecule has 2 aromatic rings. The first-order valence-corrected chi connectivity index (χ1v) is 6.41. The maximum absolute atomic E-state index is 13.6. The number of rotatable bonds is 3. The van der Waals surface area contributed by atoms with Crippen molar-refractivity contribution < 1.29 is 13.2 Å². The lowest BCUT2D eigenvalue weighted by Gasteiger charge is -2.13. The van der Waals surface area contributed by atoms with Crippen molar-refractivity contribution in [2.45, 2.75) is 12.5 Å². The monoisotopic (exact) mass is 329 g/mol. The molecule has 0 spiro atoms. The van der Waals surface area contributed by atoms with Gasteiger partial charge in [-0.05, 0) is 46.1 Å². The summed E-state index contributed by atoms with van der Waals surface area (Å²) in [6.45, 7) is 0. The van der Waals surface area contributed by atoms with Crippen molar-refractivity contribution in [2.24, 2.45) is 5.73 Å². The maximum atomic E-state index is 13.6. The summed E-state index contributed by atoms with van der Waals surface area (Å²) in [6, 6.07) is 7.65. The van der Waals surface area contributed by atoms with Crippen LogP contribution in [0.2, 0.25) is 0 Å². The first-order chi connectivity index (χ1) is 8.99. The van der Waals surface area contributed by atoms with Crippen molar-refractivity contribution in [3.63, 3.8) is 0 Å². The zero-order chi connectivity index (χ0) is 14.0.